The van der Waals surface area contributed by atoms with E-state index in [-0.39, 0.29) is 42.2 Å². The Bertz CT molecular complexity index is 1180. The lowest BCUT2D eigenvalue weighted by Crippen LogP contribution is -2.55. The Morgan fingerprint density at radius 3 is 2.17 bits per heavy atom. The third kappa shape index (κ3) is 16.2. The number of carbonyl (C=O) groups excluding carboxylic acids is 6. The van der Waals surface area contributed by atoms with E-state index in [2.05, 4.69) is 10.6 Å². The van der Waals surface area contributed by atoms with Gasteiger partial charge in [0.15, 0.2) is 0 Å². The second-order valence-corrected chi connectivity index (χ2v) is 15.0. The molecule has 0 aromatic heterocycles. The molecule has 0 unspecified atom stereocenters. The Kier molecular flexibility index (Phi) is 19.8. The Hall–Kier alpha value is -2.08. The number of carbonyl (C=O) groups is 6. The van der Waals surface area contributed by atoms with Gasteiger partial charge in [-0.2, -0.15) is 11.8 Å². The molecule has 258 valence electrons. The van der Waals surface area contributed by atoms with Gasteiger partial charge in [-0.15, -0.1) is 11.8 Å². The highest BCUT2D eigenvalue weighted by Crippen LogP contribution is 2.26. The van der Waals surface area contributed by atoms with E-state index in [1.54, 1.807) is 36.6 Å². The van der Waals surface area contributed by atoms with Gasteiger partial charge in [-0.1, -0.05) is 76.9 Å². The van der Waals surface area contributed by atoms with E-state index >= 15 is 0 Å². The molecule has 0 spiro atoms. The topological polar surface area (TPSA) is 177 Å². The van der Waals surface area contributed by atoms with Crippen LogP contribution in [0, 0.1) is 0 Å². The summed E-state index contributed by atoms with van der Waals surface area (Å²) in [6, 6.07) is 5.46. The lowest BCUT2D eigenvalue weighted by atomic mass is 10.2. The third-order valence-corrected chi connectivity index (χ3v) is 8.92. The monoisotopic (exact) mass is 761 g/mol. The van der Waals surface area contributed by atoms with E-state index in [0.717, 1.165) is 0 Å². The van der Waals surface area contributed by atoms with Gasteiger partial charge in [0, 0.05) is 38.3 Å². The molecule has 3 atom stereocenters. The molecule has 0 heterocycles. The number of hydrogen-bond donors (Lipinski definition) is 3. The van der Waals surface area contributed by atoms with Gasteiger partial charge in [0.05, 0.1) is 12.4 Å². The molecule has 13 nitrogen and oxygen atoms in total. The Morgan fingerprint density at radius 2 is 1.61 bits per heavy atom. The molecule has 0 aliphatic heterocycles. The molecular weight excluding hydrogens is 725 g/mol. The number of likely N-dealkylation sites (N-methyl/N-ethyl adjacent to an activating group) is 2. The van der Waals surface area contributed by atoms with E-state index < -0.39 is 57.5 Å². The van der Waals surface area contributed by atoms with Crippen LogP contribution in [0.2, 0.25) is 0 Å². The molecule has 4 amide bonds. The van der Waals surface area contributed by atoms with Gasteiger partial charge in [-0.3, -0.25) is 19.2 Å². The number of nitrogens with zero attached hydrogens (tertiary/aromatic N) is 2. The zero-order valence-corrected chi connectivity index (χ0v) is 30.4. The molecule has 0 fully saturated rings. The van der Waals surface area contributed by atoms with Crippen LogP contribution in [0.1, 0.15) is 12.5 Å². The van der Waals surface area contributed by atoms with Gasteiger partial charge in [0.1, 0.15) is 31.3 Å². The lowest BCUT2D eigenvalue weighted by Gasteiger charge is -2.34. The summed E-state index contributed by atoms with van der Waals surface area (Å²) in [5.41, 5.74) is 6.22. The van der Waals surface area contributed by atoms with Crippen LogP contribution in [0.25, 0.3) is 0 Å². The van der Waals surface area contributed by atoms with Crippen LogP contribution >= 0.6 is 70.1 Å². The van der Waals surface area contributed by atoms with Crippen LogP contribution in [0.5, 0.6) is 0 Å². The molecule has 46 heavy (non-hydrogen) atoms. The first-order valence-electron chi connectivity index (χ1n) is 13.5. The SMILES string of the molecule is CSC[C@@H](C(=O)SC[C@@H](NC(=O)OCc1ccccc1)C(=O)OCC(Cl)(Cl)Cl)N(C)C(=O)[C@H](CSCNC(C)=O)N(C)C(=O)CN. The van der Waals surface area contributed by atoms with Gasteiger partial charge < -0.3 is 35.6 Å². The molecular formula is C27H38Cl3N5O8S3. The number of hydrogen-bond acceptors (Lipinski definition) is 12. The fourth-order valence-corrected chi connectivity index (χ4v) is 6.42. The van der Waals surface area contributed by atoms with Gasteiger partial charge in [0.2, 0.25) is 26.6 Å². The summed E-state index contributed by atoms with van der Waals surface area (Å²) in [5.74, 6) is -2.06. The number of rotatable bonds is 18. The van der Waals surface area contributed by atoms with Crippen LogP contribution in [0.3, 0.4) is 0 Å². The largest absolute Gasteiger partial charge is 0.460 e. The number of thioether (sulfide) groups is 3. The first-order valence-corrected chi connectivity index (χ1v) is 18.2. The minimum Gasteiger partial charge on any atom is -0.460 e. The highest BCUT2D eigenvalue weighted by molar-refractivity contribution is 8.14. The summed E-state index contributed by atoms with van der Waals surface area (Å²) < 4.78 is 8.31. The predicted octanol–water partition coefficient (Wildman–Crippen LogP) is 2.26. The summed E-state index contributed by atoms with van der Waals surface area (Å²) in [5, 5.41) is 4.49. The molecule has 0 bridgehead atoms. The summed E-state index contributed by atoms with van der Waals surface area (Å²) in [6.07, 6.45) is 0.794. The van der Waals surface area contributed by atoms with Crippen LogP contribution in [0.15, 0.2) is 30.3 Å². The number of ether oxygens (including phenoxy) is 2. The first-order chi connectivity index (χ1) is 21.6. The Labute approximate surface area is 296 Å². The van der Waals surface area contributed by atoms with Gasteiger partial charge in [0.25, 0.3) is 0 Å². The van der Waals surface area contributed by atoms with Crippen molar-refractivity contribution >= 4 is 105 Å². The zero-order chi connectivity index (χ0) is 34.9. The van der Waals surface area contributed by atoms with Crippen molar-refractivity contribution in [1.29, 1.82) is 0 Å². The van der Waals surface area contributed by atoms with Crippen molar-refractivity contribution < 1.29 is 38.2 Å². The number of nitrogens with one attached hydrogen (secondary N) is 2. The van der Waals surface area contributed by atoms with E-state index in [0.29, 0.717) is 17.3 Å². The zero-order valence-electron chi connectivity index (χ0n) is 25.7. The molecule has 0 aliphatic rings. The number of benzene rings is 1. The smallest absolute Gasteiger partial charge is 0.408 e. The summed E-state index contributed by atoms with van der Waals surface area (Å²) >= 11 is 20.3. The number of halogens is 3. The number of nitrogens with two attached hydrogens (primary N) is 1. The second-order valence-electron chi connectivity index (χ2n) is 9.50. The molecule has 0 saturated heterocycles. The average Bonchev–Trinajstić information content (AvgIpc) is 3.01. The third-order valence-electron chi connectivity index (χ3n) is 5.99. The standard InChI is InChI=1S/C27H38Cl3N5O8S3/c1-17(36)32-16-45-14-20(34(2)22(37)10-31)23(38)35(3)21(13-44-4)25(40)46-12-19(24(39)43-15-27(28,29)30)33-26(41)42-11-18-8-6-5-7-9-18/h5-9,19-21H,10-16,31H2,1-4H3,(H,32,36)(H,33,41)/t19-,20+,21+/m1/s1. The van der Waals surface area contributed by atoms with Crippen LogP contribution in [-0.2, 0) is 40.1 Å². The molecule has 0 saturated carbocycles. The maximum Gasteiger partial charge on any atom is 0.408 e. The van der Waals surface area contributed by atoms with Crippen LogP contribution in [0.4, 0.5) is 4.79 Å². The summed E-state index contributed by atoms with van der Waals surface area (Å²) in [4.78, 5) is 78.6. The first kappa shape index (κ1) is 41.9. The maximum absolute atomic E-state index is 13.6. The number of alkyl carbamates (subject to hydrolysis) is 1. The number of esters is 1. The van der Waals surface area contributed by atoms with Crippen molar-refractivity contribution in [3.8, 4) is 0 Å². The normalized spacial score (nSPS) is 13.0. The highest BCUT2D eigenvalue weighted by atomic mass is 35.6. The molecule has 4 N–H and O–H groups in total. The molecule has 1 aromatic rings. The van der Waals surface area contributed by atoms with E-state index in [1.807, 2.05) is 0 Å². The van der Waals surface area contributed by atoms with Gasteiger partial charge >= 0.3 is 12.1 Å². The molecule has 1 aromatic carbocycles. The molecule has 19 heteroatoms. The van der Waals surface area contributed by atoms with Crippen molar-refractivity contribution in [2.24, 2.45) is 5.73 Å². The highest BCUT2D eigenvalue weighted by Gasteiger charge is 2.36. The van der Waals surface area contributed by atoms with Crippen molar-refractivity contribution in [3.05, 3.63) is 35.9 Å². The fourth-order valence-electron chi connectivity index (χ4n) is 3.47. The maximum atomic E-state index is 13.6. The summed E-state index contributed by atoms with van der Waals surface area (Å²) in [6.45, 7) is 0.323. The van der Waals surface area contributed by atoms with E-state index in [1.165, 1.54) is 54.3 Å². The predicted molar refractivity (Wildman–Crippen MR) is 184 cm³/mol. The Morgan fingerprint density at radius 1 is 0.957 bits per heavy atom. The van der Waals surface area contributed by atoms with Crippen molar-refractivity contribution in [2.75, 3.05) is 56.6 Å². The van der Waals surface area contributed by atoms with Crippen LogP contribution < -0.4 is 16.4 Å². The fraction of sp³-hybridized carbons (Fsp3) is 0.556. The molecule has 1 rings (SSSR count). The minimum absolute atomic E-state index is 0.0806. The average molecular weight is 763 g/mol. The molecule has 0 aliphatic carbocycles. The van der Waals surface area contributed by atoms with E-state index in [9.17, 15) is 28.8 Å². The van der Waals surface area contributed by atoms with Gasteiger partial charge in [-0.25, -0.2) is 9.59 Å². The van der Waals surface area contributed by atoms with Crippen molar-refractivity contribution in [3.63, 3.8) is 0 Å². The Balaban J connectivity index is 3.07. The lowest BCUT2D eigenvalue weighted by molar-refractivity contribution is -0.145. The number of alkyl halides is 3. The van der Waals surface area contributed by atoms with E-state index in [4.69, 9.17) is 50.0 Å². The quantitative estimate of drug-likeness (QED) is 0.0862. The number of amides is 4. The minimum atomic E-state index is -1.92. The summed E-state index contributed by atoms with van der Waals surface area (Å²) in [7, 11) is 2.86. The van der Waals surface area contributed by atoms with Crippen LogP contribution in [-0.4, -0.2) is 123 Å². The van der Waals surface area contributed by atoms with Crippen molar-refractivity contribution in [1.82, 2.24) is 20.4 Å². The second kappa shape index (κ2) is 21.7. The van der Waals surface area contributed by atoms with Gasteiger partial charge in [-0.05, 0) is 11.8 Å². The van der Waals surface area contributed by atoms with Crippen molar-refractivity contribution in [2.45, 2.75) is 35.4 Å². The molecule has 0 radical (unpaired) electrons.